The molecular formula is C16H12N2O. The minimum atomic E-state index is -0.00101. The molecule has 3 aromatic rings. The maximum atomic E-state index is 11.8. The number of fused-ring (bicyclic) bond motifs is 1. The predicted octanol–water partition coefficient (Wildman–Crippen LogP) is 3.50. The molecule has 2 aromatic heterocycles. The number of carbonyl (C=O) groups excluding carboxylic acids is 1. The molecule has 0 amide bonds. The molecule has 2 heterocycles. The van der Waals surface area contributed by atoms with Crippen molar-refractivity contribution in [1.82, 2.24) is 9.97 Å². The summed E-state index contributed by atoms with van der Waals surface area (Å²) >= 11 is 0. The van der Waals surface area contributed by atoms with Crippen LogP contribution in [0.2, 0.25) is 0 Å². The monoisotopic (exact) mass is 248 g/mol. The number of carbonyl (C=O) groups is 1. The van der Waals surface area contributed by atoms with Crippen LogP contribution in [-0.4, -0.2) is 15.8 Å². The van der Waals surface area contributed by atoms with Gasteiger partial charge in [0.25, 0.3) is 0 Å². The number of Topliss-reactive ketones (excluding diaryl/α,β-unsaturated/α-hetero) is 1. The molecule has 1 aromatic carbocycles. The Bertz CT molecular complexity index is 751. The number of benzene rings is 1. The lowest BCUT2D eigenvalue weighted by Crippen LogP contribution is -2.00. The first-order valence-corrected chi connectivity index (χ1v) is 6.07. The van der Waals surface area contributed by atoms with Gasteiger partial charge in [-0.25, -0.2) is 0 Å². The van der Waals surface area contributed by atoms with Crippen LogP contribution in [0, 0.1) is 0 Å². The van der Waals surface area contributed by atoms with Crippen LogP contribution < -0.4 is 0 Å². The summed E-state index contributed by atoms with van der Waals surface area (Å²) in [4.78, 5) is 20.5. The largest absolute Gasteiger partial charge is 0.294 e. The number of nitrogens with zero attached hydrogens (tertiary/aromatic N) is 2. The molecule has 3 nitrogen and oxygen atoms in total. The van der Waals surface area contributed by atoms with Gasteiger partial charge < -0.3 is 0 Å². The van der Waals surface area contributed by atoms with E-state index in [9.17, 15) is 4.79 Å². The molecule has 0 saturated carbocycles. The van der Waals surface area contributed by atoms with Crippen molar-refractivity contribution in [3.8, 4) is 11.3 Å². The van der Waals surface area contributed by atoms with E-state index in [0.717, 1.165) is 22.2 Å². The van der Waals surface area contributed by atoms with E-state index in [2.05, 4.69) is 9.97 Å². The highest BCUT2D eigenvalue weighted by molar-refractivity contribution is 6.08. The second kappa shape index (κ2) is 4.61. The van der Waals surface area contributed by atoms with E-state index in [4.69, 9.17) is 0 Å². The minimum absolute atomic E-state index is 0.00101. The molecule has 0 bridgehead atoms. The lowest BCUT2D eigenvalue weighted by atomic mass is 9.98. The molecular weight excluding hydrogens is 236 g/mol. The van der Waals surface area contributed by atoms with Gasteiger partial charge in [0.05, 0.1) is 11.2 Å². The van der Waals surface area contributed by atoms with E-state index in [1.54, 1.807) is 19.3 Å². The molecule has 0 aliphatic carbocycles. The molecule has 0 aliphatic heterocycles. The van der Waals surface area contributed by atoms with Crippen LogP contribution in [-0.2, 0) is 0 Å². The molecule has 0 N–H and O–H groups in total. The van der Waals surface area contributed by atoms with Crippen LogP contribution in [0.4, 0.5) is 0 Å². The first-order valence-electron chi connectivity index (χ1n) is 6.07. The summed E-state index contributed by atoms with van der Waals surface area (Å²) < 4.78 is 0. The molecule has 3 rings (SSSR count). The fraction of sp³-hybridized carbons (Fsp3) is 0.0625. The van der Waals surface area contributed by atoms with Gasteiger partial charge in [-0.1, -0.05) is 24.3 Å². The minimum Gasteiger partial charge on any atom is -0.294 e. The second-order valence-electron chi connectivity index (χ2n) is 4.34. The van der Waals surface area contributed by atoms with Gasteiger partial charge >= 0.3 is 0 Å². The number of ketones is 1. The predicted molar refractivity (Wildman–Crippen MR) is 75.0 cm³/mol. The third-order valence-electron chi connectivity index (χ3n) is 3.08. The Morgan fingerprint density at radius 3 is 2.53 bits per heavy atom. The van der Waals surface area contributed by atoms with Gasteiger partial charge in [-0.2, -0.15) is 0 Å². The van der Waals surface area contributed by atoms with Crippen molar-refractivity contribution in [2.24, 2.45) is 0 Å². The topological polar surface area (TPSA) is 42.9 Å². The zero-order chi connectivity index (χ0) is 13.2. The molecule has 3 heteroatoms. The number of para-hydroxylation sites is 1. The number of hydrogen-bond acceptors (Lipinski definition) is 3. The van der Waals surface area contributed by atoms with Crippen LogP contribution in [0.3, 0.4) is 0 Å². The van der Waals surface area contributed by atoms with Crippen LogP contribution >= 0.6 is 0 Å². The van der Waals surface area contributed by atoms with E-state index in [-0.39, 0.29) is 5.78 Å². The Balaban J connectivity index is 2.42. The molecule has 0 unspecified atom stereocenters. The number of aromatic nitrogens is 2. The standard InChI is InChI=1S/C16H12N2O/c1-11(19)13-10-18-14-7-3-2-6-12(14)16(13)15-8-4-5-9-17-15/h2-10H,1H3. The third-order valence-corrected chi connectivity index (χ3v) is 3.08. The highest BCUT2D eigenvalue weighted by atomic mass is 16.1. The summed E-state index contributed by atoms with van der Waals surface area (Å²) in [6, 6.07) is 13.5. The Morgan fingerprint density at radius 2 is 1.79 bits per heavy atom. The zero-order valence-corrected chi connectivity index (χ0v) is 10.5. The fourth-order valence-electron chi connectivity index (χ4n) is 2.19. The summed E-state index contributed by atoms with van der Waals surface area (Å²) in [5.74, 6) is -0.00101. The highest BCUT2D eigenvalue weighted by Crippen LogP contribution is 2.29. The Hall–Kier alpha value is -2.55. The van der Waals surface area contributed by atoms with Gasteiger partial charge in [-0.3, -0.25) is 14.8 Å². The Labute approximate surface area is 111 Å². The first-order chi connectivity index (χ1) is 9.27. The molecule has 0 atom stereocenters. The SMILES string of the molecule is CC(=O)c1cnc2ccccc2c1-c1ccccn1. The van der Waals surface area contributed by atoms with Crippen molar-refractivity contribution in [2.75, 3.05) is 0 Å². The Morgan fingerprint density at radius 1 is 1.00 bits per heavy atom. The summed E-state index contributed by atoms with van der Waals surface area (Å²) in [6.07, 6.45) is 3.36. The summed E-state index contributed by atoms with van der Waals surface area (Å²) in [5.41, 5.74) is 3.13. The van der Waals surface area contributed by atoms with Crippen LogP contribution in [0.25, 0.3) is 22.2 Å². The smallest absolute Gasteiger partial charge is 0.162 e. The van der Waals surface area contributed by atoms with E-state index in [1.807, 2.05) is 42.5 Å². The van der Waals surface area contributed by atoms with Gasteiger partial charge in [-0.15, -0.1) is 0 Å². The number of hydrogen-bond donors (Lipinski definition) is 0. The maximum Gasteiger partial charge on any atom is 0.162 e. The van der Waals surface area contributed by atoms with Gasteiger partial charge in [0.1, 0.15) is 0 Å². The van der Waals surface area contributed by atoms with E-state index in [1.165, 1.54) is 0 Å². The average molecular weight is 248 g/mol. The van der Waals surface area contributed by atoms with E-state index >= 15 is 0 Å². The molecule has 19 heavy (non-hydrogen) atoms. The second-order valence-corrected chi connectivity index (χ2v) is 4.34. The molecule has 92 valence electrons. The quantitative estimate of drug-likeness (QED) is 0.652. The average Bonchev–Trinajstić information content (AvgIpc) is 2.46. The molecule has 0 spiro atoms. The maximum absolute atomic E-state index is 11.8. The van der Waals surface area contributed by atoms with Crippen LogP contribution in [0.5, 0.6) is 0 Å². The summed E-state index contributed by atoms with van der Waals surface area (Å²) in [6.45, 7) is 1.55. The van der Waals surface area contributed by atoms with Gasteiger partial charge in [0, 0.05) is 28.9 Å². The molecule has 0 aliphatic rings. The Kier molecular flexibility index (Phi) is 2.80. The van der Waals surface area contributed by atoms with Crippen molar-refractivity contribution in [2.45, 2.75) is 6.92 Å². The number of rotatable bonds is 2. The third kappa shape index (κ3) is 1.99. The van der Waals surface area contributed by atoms with Crippen molar-refractivity contribution in [3.63, 3.8) is 0 Å². The lowest BCUT2D eigenvalue weighted by Gasteiger charge is -2.09. The van der Waals surface area contributed by atoms with Crippen molar-refractivity contribution in [1.29, 1.82) is 0 Å². The van der Waals surface area contributed by atoms with Crippen molar-refractivity contribution in [3.05, 3.63) is 60.4 Å². The molecule has 0 radical (unpaired) electrons. The summed E-state index contributed by atoms with van der Waals surface area (Å²) in [7, 11) is 0. The van der Waals surface area contributed by atoms with Crippen LogP contribution in [0.1, 0.15) is 17.3 Å². The van der Waals surface area contributed by atoms with Crippen LogP contribution in [0.15, 0.2) is 54.9 Å². The van der Waals surface area contributed by atoms with E-state index < -0.39 is 0 Å². The van der Waals surface area contributed by atoms with Crippen molar-refractivity contribution < 1.29 is 4.79 Å². The fourth-order valence-corrected chi connectivity index (χ4v) is 2.19. The summed E-state index contributed by atoms with van der Waals surface area (Å²) in [5, 5.41) is 0.953. The molecule has 0 fully saturated rings. The highest BCUT2D eigenvalue weighted by Gasteiger charge is 2.14. The molecule has 0 saturated heterocycles. The lowest BCUT2D eigenvalue weighted by molar-refractivity contribution is 0.101. The van der Waals surface area contributed by atoms with Gasteiger partial charge in [0.15, 0.2) is 5.78 Å². The zero-order valence-electron chi connectivity index (χ0n) is 10.5. The first kappa shape index (κ1) is 11.5. The van der Waals surface area contributed by atoms with E-state index in [0.29, 0.717) is 5.56 Å². The number of pyridine rings is 2. The van der Waals surface area contributed by atoms with Gasteiger partial charge in [0.2, 0.25) is 0 Å². The normalized spacial score (nSPS) is 10.6. The van der Waals surface area contributed by atoms with Gasteiger partial charge in [-0.05, 0) is 25.1 Å². The van der Waals surface area contributed by atoms with Crippen molar-refractivity contribution >= 4 is 16.7 Å².